The van der Waals surface area contributed by atoms with E-state index in [4.69, 9.17) is 9.52 Å². The molecule has 1 aliphatic rings. The van der Waals surface area contributed by atoms with E-state index >= 15 is 0 Å². The zero-order chi connectivity index (χ0) is 15.6. The van der Waals surface area contributed by atoms with Crippen LogP contribution in [0, 0.1) is 0 Å². The highest BCUT2D eigenvalue weighted by molar-refractivity contribution is 7.89. The zero-order valence-electron chi connectivity index (χ0n) is 11.9. The van der Waals surface area contributed by atoms with Gasteiger partial charge in [0.2, 0.25) is 10.9 Å². The number of nitrogens with one attached hydrogen (secondary N) is 1. The summed E-state index contributed by atoms with van der Waals surface area (Å²) in [6, 6.07) is 2.33. The topological polar surface area (TPSA) is 103 Å². The Balaban J connectivity index is 2.01. The Hall–Kier alpha value is -1.42. The van der Waals surface area contributed by atoms with Crippen molar-refractivity contribution < 1.29 is 22.7 Å². The lowest BCUT2D eigenvalue weighted by atomic mass is 10.2. The van der Waals surface area contributed by atoms with Gasteiger partial charge in [-0.15, -0.1) is 0 Å². The number of nitrogens with zero attached hydrogens (tertiary/aromatic N) is 2. The van der Waals surface area contributed by atoms with Crippen LogP contribution in [-0.2, 0) is 10.0 Å². The van der Waals surface area contributed by atoms with E-state index in [1.807, 2.05) is 14.1 Å². The number of carboxylic acid groups (broad SMARTS) is 1. The van der Waals surface area contributed by atoms with Crippen molar-refractivity contribution >= 4 is 16.0 Å². The van der Waals surface area contributed by atoms with Gasteiger partial charge < -0.3 is 14.4 Å². The van der Waals surface area contributed by atoms with Gasteiger partial charge >= 0.3 is 5.97 Å². The molecule has 0 spiro atoms. The van der Waals surface area contributed by atoms with Crippen LogP contribution >= 0.6 is 0 Å². The minimum Gasteiger partial charge on any atom is -0.475 e. The van der Waals surface area contributed by atoms with Gasteiger partial charge in [-0.2, -0.15) is 0 Å². The summed E-state index contributed by atoms with van der Waals surface area (Å²) in [4.78, 5) is 14.9. The average molecular weight is 317 g/mol. The summed E-state index contributed by atoms with van der Waals surface area (Å²) in [7, 11) is 0.0937. The Bertz CT molecular complexity index is 612. The second-order valence-electron chi connectivity index (χ2n) is 5.17. The molecule has 1 atom stereocenters. The molecule has 21 heavy (non-hydrogen) atoms. The number of likely N-dealkylation sites (N-methyl/N-ethyl adjacent to an activating group) is 2. The van der Waals surface area contributed by atoms with E-state index in [-0.39, 0.29) is 17.7 Å². The summed E-state index contributed by atoms with van der Waals surface area (Å²) in [5.41, 5.74) is 0. The fourth-order valence-electron chi connectivity index (χ4n) is 2.18. The number of carboxylic acids is 1. The van der Waals surface area contributed by atoms with Gasteiger partial charge in [-0.25, -0.2) is 17.9 Å². The average Bonchev–Trinajstić information content (AvgIpc) is 2.90. The smallest absolute Gasteiger partial charge is 0.371 e. The molecule has 1 unspecified atom stereocenters. The maximum atomic E-state index is 12.1. The lowest BCUT2D eigenvalue weighted by molar-refractivity contribution is 0.0656. The molecule has 1 aliphatic heterocycles. The largest absolute Gasteiger partial charge is 0.475 e. The fraction of sp³-hybridized carbons (Fsp3) is 0.583. The number of rotatable bonds is 5. The van der Waals surface area contributed by atoms with E-state index in [0.717, 1.165) is 31.8 Å². The van der Waals surface area contributed by atoms with Crippen LogP contribution in [0.15, 0.2) is 21.6 Å². The molecule has 9 heteroatoms. The number of furan rings is 1. The molecule has 0 bridgehead atoms. The van der Waals surface area contributed by atoms with Crippen molar-refractivity contribution in [3.8, 4) is 0 Å². The molecule has 1 aromatic rings. The van der Waals surface area contributed by atoms with Gasteiger partial charge in [-0.1, -0.05) is 0 Å². The first-order valence-corrected chi connectivity index (χ1v) is 7.99. The number of hydrogen-bond donors (Lipinski definition) is 2. The van der Waals surface area contributed by atoms with Crippen LogP contribution in [0.25, 0.3) is 0 Å². The van der Waals surface area contributed by atoms with E-state index < -0.39 is 21.8 Å². The molecular formula is C12H19N3O5S. The molecule has 118 valence electrons. The molecular weight excluding hydrogens is 298 g/mol. The number of sulfonamides is 1. The third-order valence-electron chi connectivity index (χ3n) is 3.55. The lowest BCUT2D eigenvalue weighted by Crippen LogP contribution is -2.54. The van der Waals surface area contributed by atoms with Crippen molar-refractivity contribution in [3.05, 3.63) is 17.9 Å². The Labute approximate surface area is 123 Å². The van der Waals surface area contributed by atoms with Crippen molar-refractivity contribution in [1.29, 1.82) is 0 Å². The van der Waals surface area contributed by atoms with Crippen molar-refractivity contribution in [2.24, 2.45) is 0 Å². The Morgan fingerprint density at radius 2 is 2.14 bits per heavy atom. The Kier molecular flexibility index (Phi) is 4.67. The molecule has 1 fully saturated rings. The van der Waals surface area contributed by atoms with Crippen LogP contribution in [0.1, 0.15) is 10.6 Å². The molecule has 2 heterocycles. The summed E-state index contributed by atoms with van der Waals surface area (Å²) in [5, 5.41) is 8.36. The molecule has 0 radical (unpaired) electrons. The predicted octanol–water partition coefficient (Wildman–Crippen LogP) is -0.498. The van der Waals surface area contributed by atoms with Crippen LogP contribution in [-0.4, -0.2) is 75.6 Å². The standard InChI is InChI=1S/C12H19N3O5S/c1-14-5-6-15(2)9(8-14)7-13-21(18,19)11-4-3-10(20-11)12(16)17/h3-4,9,13H,5-8H2,1-2H3,(H,16,17). The lowest BCUT2D eigenvalue weighted by Gasteiger charge is -2.37. The third-order valence-corrected chi connectivity index (χ3v) is 4.84. The van der Waals surface area contributed by atoms with E-state index in [1.165, 1.54) is 0 Å². The van der Waals surface area contributed by atoms with Crippen LogP contribution in [0.2, 0.25) is 0 Å². The first-order valence-electron chi connectivity index (χ1n) is 6.51. The molecule has 2 rings (SSSR count). The minimum atomic E-state index is -3.84. The summed E-state index contributed by atoms with van der Waals surface area (Å²) < 4.78 is 31.4. The summed E-state index contributed by atoms with van der Waals surface area (Å²) >= 11 is 0. The fourth-order valence-corrected chi connectivity index (χ4v) is 3.18. The van der Waals surface area contributed by atoms with Crippen molar-refractivity contribution in [1.82, 2.24) is 14.5 Å². The Morgan fingerprint density at radius 1 is 1.43 bits per heavy atom. The van der Waals surface area contributed by atoms with Crippen molar-refractivity contribution in [2.75, 3.05) is 40.3 Å². The minimum absolute atomic E-state index is 0.0624. The van der Waals surface area contributed by atoms with Gasteiger partial charge in [-0.3, -0.25) is 4.90 Å². The van der Waals surface area contributed by atoms with E-state index in [9.17, 15) is 13.2 Å². The molecule has 0 aliphatic carbocycles. The summed E-state index contributed by atoms with van der Waals surface area (Å²) in [6.45, 7) is 2.82. The maximum absolute atomic E-state index is 12.1. The third kappa shape index (κ3) is 3.82. The second kappa shape index (κ2) is 6.14. The SMILES string of the molecule is CN1CCN(C)C(CNS(=O)(=O)c2ccc(C(=O)O)o2)C1. The number of carbonyl (C=O) groups is 1. The molecule has 0 saturated carbocycles. The highest BCUT2D eigenvalue weighted by atomic mass is 32.2. The second-order valence-corrected chi connectivity index (χ2v) is 6.87. The highest BCUT2D eigenvalue weighted by Crippen LogP contribution is 2.14. The van der Waals surface area contributed by atoms with Crippen LogP contribution in [0.5, 0.6) is 0 Å². The van der Waals surface area contributed by atoms with Gasteiger partial charge in [-0.05, 0) is 26.2 Å². The molecule has 1 aromatic heterocycles. The van der Waals surface area contributed by atoms with Gasteiger partial charge in [0.25, 0.3) is 10.0 Å². The van der Waals surface area contributed by atoms with E-state index in [1.54, 1.807) is 0 Å². The van der Waals surface area contributed by atoms with Gasteiger partial charge in [0.15, 0.2) is 0 Å². The zero-order valence-corrected chi connectivity index (χ0v) is 12.8. The van der Waals surface area contributed by atoms with Gasteiger partial charge in [0, 0.05) is 32.2 Å². The van der Waals surface area contributed by atoms with Crippen LogP contribution < -0.4 is 4.72 Å². The summed E-state index contributed by atoms with van der Waals surface area (Å²) in [5.74, 6) is -1.70. The van der Waals surface area contributed by atoms with Crippen LogP contribution in [0.3, 0.4) is 0 Å². The summed E-state index contributed by atoms with van der Waals surface area (Å²) in [6.07, 6.45) is 0. The molecule has 0 amide bonds. The molecule has 0 aromatic carbocycles. The van der Waals surface area contributed by atoms with E-state index in [2.05, 4.69) is 14.5 Å². The quantitative estimate of drug-likeness (QED) is 0.754. The maximum Gasteiger partial charge on any atom is 0.371 e. The first-order chi connectivity index (χ1) is 9.79. The predicted molar refractivity (Wildman–Crippen MR) is 74.8 cm³/mol. The first kappa shape index (κ1) is 16.0. The van der Waals surface area contributed by atoms with Crippen LogP contribution in [0.4, 0.5) is 0 Å². The van der Waals surface area contributed by atoms with Gasteiger partial charge in [0.1, 0.15) is 0 Å². The molecule has 8 nitrogen and oxygen atoms in total. The molecule has 2 N–H and O–H groups in total. The number of aromatic carboxylic acids is 1. The molecule has 1 saturated heterocycles. The van der Waals surface area contributed by atoms with Crippen molar-refractivity contribution in [3.63, 3.8) is 0 Å². The monoisotopic (exact) mass is 317 g/mol. The van der Waals surface area contributed by atoms with Crippen molar-refractivity contribution in [2.45, 2.75) is 11.1 Å². The number of hydrogen-bond acceptors (Lipinski definition) is 6. The van der Waals surface area contributed by atoms with E-state index in [0.29, 0.717) is 0 Å². The normalized spacial score (nSPS) is 21.5. The Morgan fingerprint density at radius 3 is 2.76 bits per heavy atom. The van der Waals surface area contributed by atoms with Gasteiger partial charge in [0.05, 0.1) is 0 Å². The number of piperazine rings is 1. The highest BCUT2D eigenvalue weighted by Gasteiger charge is 2.26.